The molecule has 1 aromatic rings. The molecule has 0 spiro atoms. The van der Waals surface area contributed by atoms with E-state index in [4.69, 9.17) is 0 Å². The summed E-state index contributed by atoms with van der Waals surface area (Å²) in [5, 5.41) is 15.4. The minimum Gasteiger partial charge on any atom is -0.340 e. The number of sulfonamides is 1. The van der Waals surface area contributed by atoms with Crippen LogP contribution < -0.4 is 15.4 Å². The van der Waals surface area contributed by atoms with Crippen molar-refractivity contribution in [2.45, 2.75) is 51.6 Å². The van der Waals surface area contributed by atoms with Gasteiger partial charge in [-0.05, 0) is 56.0 Å². The van der Waals surface area contributed by atoms with E-state index in [1.165, 1.54) is 24.3 Å². The van der Waals surface area contributed by atoms with Gasteiger partial charge in [-0.15, -0.1) is 0 Å². The minimum absolute atomic E-state index is 0.245. The van der Waals surface area contributed by atoms with Gasteiger partial charge in [0.05, 0.1) is 12.3 Å². The van der Waals surface area contributed by atoms with Crippen molar-refractivity contribution in [3.05, 3.63) is 29.8 Å². The van der Waals surface area contributed by atoms with Crippen molar-refractivity contribution in [1.82, 2.24) is 15.5 Å². The molecule has 3 N–H and O–H groups in total. The van der Waals surface area contributed by atoms with Crippen LogP contribution in [0.1, 0.15) is 50.4 Å². The SMILES string of the molecule is CN1CCC(C#N)(NC(=O)C(CC(C)(C)C)NC(=O)c2ccc(NS(C)(=O)=O)cc2)CC1. The first-order chi connectivity index (χ1) is 14.7. The number of carbonyl (C=O) groups excluding carboxylic acids is 2. The highest BCUT2D eigenvalue weighted by Crippen LogP contribution is 2.24. The third-order valence-electron chi connectivity index (χ3n) is 5.31. The molecule has 9 nitrogen and oxygen atoms in total. The zero-order valence-electron chi connectivity index (χ0n) is 19.4. The van der Waals surface area contributed by atoms with E-state index < -0.39 is 27.5 Å². The van der Waals surface area contributed by atoms with Crippen molar-refractivity contribution >= 4 is 27.5 Å². The summed E-state index contributed by atoms with van der Waals surface area (Å²) in [4.78, 5) is 28.1. The van der Waals surface area contributed by atoms with Crippen LogP contribution in [0.25, 0.3) is 0 Å². The summed E-state index contributed by atoms with van der Waals surface area (Å²) in [5.74, 6) is -0.829. The maximum Gasteiger partial charge on any atom is 0.251 e. The lowest BCUT2D eigenvalue weighted by molar-refractivity contribution is -0.125. The zero-order chi connectivity index (χ0) is 24.2. The number of rotatable bonds is 7. The molecular formula is C22H33N5O4S. The molecule has 1 atom stereocenters. The van der Waals surface area contributed by atoms with Crippen LogP contribution in [0.15, 0.2) is 24.3 Å². The van der Waals surface area contributed by atoms with Crippen LogP contribution in [0.2, 0.25) is 0 Å². The van der Waals surface area contributed by atoms with Gasteiger partial charge >= 0.3 is 0 Å². The third kappa shape index (κ3) is 7.80. The van der Waals surface area contributed by atoms with E-state index in [2.05, 4.69) is 26.3 Å². The molecule has 1 aliphatic heterocycles. The number of piperidine rings is 1. The predicted molar refractivity (Wildman–Crippen MR) is 123 cm³/mol. The summed E-state index contributed by atoms with van der Waals surface area (Å²) in [6.07, 6.45) is 2.48. The van der Waals surface area contributed by atoms with Crippen LogP contribution in [0.4, 0.5) is 5.69 Å². The van der Waals surface area contributed by atoms with E-state index in [0.717, 1.165) is 6.26 Å². The van der Waals surface area contributed by atoms with Gasteiger partial charge in [-0.25, -0.2) is 8.42 Å². The van der Waals surface area contributed by atoms with Gasteiger partial charge in [0.2, 0.25) is 15.9 Å². The molecule has 0 aliphatic carbocycles. The first-order valence-corrected chi connectivity index (χ1v) is 12.4. The van der Waals surface area contributed by atoms with Gasteiger partial charge in [-0.3, -0.25) is 14.3 Å². The first kappa shape index (κ1) is 25.6. The molecule has 32 heavy (non-hydrogen) atoms. The molecule has 176 valence electrons. The van der Waals surface area contributed by atoms with Gasteiger partial charge < -0.3 is 15.5 Å². The Kier molecular flexibility index (Phi) is 7.91. The van der Waals surface area contributed by atoms with Crippen LogP contribution in [-0.4, -0.2) is 63.1 Å². The molecule has 10 heteroatoms. The standard InChI is InChI=1S/C22H33N5O4S/c1-21(2,3)14-18(20(29)25-22(15-23)10-12-27(4)13-11-22)24-19(28)16-6-8-17(9-7-16)26-32(5,30)31/h6-9,18,26H,10-14H2,1-5H3,(H,24,28)(H,25,29). The number of amides is 2. The number of hydrogen-bond donors (Lipinski definition) is 3. The van der Waals surface area contributed by atoms with Gasteiger partial charge in [0.1, 0.15) is 11.6 Å². The second kappa shape index (κ2) is 9.88. The van der Waals surface area contributed by atoms with Crippen molar-refractivity contribution in [3.8, 4) is 6.07 Å². The quantitative estimate of drug-likeness (QED) is 0.564. The monoisotopic (exact) mass is 463 g/mol. The molecule has 1 aliphatic rings. The number of likely N-dealkylation sites (tertiary alicyclic amines) is 1. The Hall–Kier alpha value is -2.64. The highest BCUT2D eigenvalue weighted by Gasteiger charge is 2.38. The van der Waals surface area contributed by atoms with Gasteiger partial charge in [-0.1, -0.05) is 20.8 Å². The van der Waals surface area contributed by atoms with E-state index in [9.17, 15) is 23.3 Å². The fraction of sp³-hybridized carbons (Fsp3) is 0.591. The number of nitrogens with zero attached hydrogens (tertiary/aromatic N) is 2. The van der Waals surface area contributed by atoms with E-state index in [1.807, 2.05) is 27.8 Å². The minimum atomic E-state index is -3.42. The van der Waals surface area contributed by atoms with Crippen molar-refractivity contribution < 1.29 is 18.0 Å². The Bertz CT molecular complexity index is 969. The maximum atomic E-state index is 13.1. The summed E-state index contributed by atoms with van der Waals surface area (Å²) < 4.78 is 25.0. The first-order valence-electron chi connectivity index (χ1n) is 10.5. The van der Waals surface area contributed by atoms with E-state index in [1.54, 1.807) is 0 Å². The van der Waals surface area contributed by atoms with Gasteiger partial charge in [0.15, 0.2) is 0 Å². The molecule has 1 aromatic carbocycles. The van der Waals surface area contributed by atoms with E-state index >= 15 is 0 Å². The Labute approximate surface area is 190 Å². The Balaban J connectivity index is 2.15. The fourth-order valence-corrected chi connectivity index (χ4v) is 4.12. The molecule has 0 bridgehead atoms. The van der Waals surface area contributed by atoms with E-state index in [0.29, 0.717) is 43.6 Å². The van der Waals surface area contributed by atoms with Gasteiger partial charge in [0, 0.05) is 24.3 Å². The number of carbonyl (C=O) groups is 2. The number of benzene rings is 1. The van der Waals surface area contributed by atoms with Crippen LogP contribution in [0.5, 0.6) is 0 Å². The summed E-state index contributed by atoms with van der Waals surface area (Å²) in [6, 6.07) is 7.40. The Morgan fingerprint density at radius 3 is 2.22 bits per heavy atom. The number of hydrogen-bond acceptors (Lipinski definition) is 6. The van der Waals surface area contributed by atoms with Gasteiger partial charge in [-0.2, -0.15) is 5.26 Å². The lowest BCUT2D eigenvalue weighted by Crippen LogP contribution is -2.59. The topological polar surface area (TPSA) is 131 Å². The lowest BCUT2D eigenvalue weighted by atomic mass is 9.85. The molecule has 0 aromatic heterocycles. The zero-order valence-corrected chi connectivity index (χ0v) is 20.2. The normalized spacial score (nSPS) is 17.6. The average molecular weight is 464 g/mol. The molecule has 1 unspecified atom stereocenters. The molecule has 1 fully saturated rings. The fourth-order valence-electron chi connectivity index (χ4n) is 3.55. The summed E-state index contributed by atoms with van der Waals surface area (Å²) >= 11 is 0. The summed E-state index contributed by atoms with van der Waals surface area (Å²) in [5.41, 5.74) is -0.550. The molecular weight excluding hydrogens is 430 g/mol. The third-order valence-corrected chi connectivity index (χ3v) is 5.91. The highest BCUT2D eigenvalue weighted by atomic mass is 32.2. The smallest absolute Gasteiger partial charge is 0.251 e. The number of nitrogens with one attached hydrogen (secondary N) is 3. The summed E-state index contributed by atoms with van der Waals surface area (Å²) in [7, 11) is -1.45. The van der Waals surface area contributed by atoms with Crippen LogP contribution in [0, 0.1) is 16.7 Å². The largest absolute Gasteiger partial charge is 0.340 e. The van der Waals surface area contributed by atoms with Crippen LogP contribution >= 0.6 is 0 Å². The van der Waals surface area contributed by atoms with Crippen molar-refractivity contribution in [1.29, 1.82) is 5.26 Å². The molecule has 0 saturated carbocycles. The van der Waals surface area contributed by atoms with E-state index in [-0.39, 0.29) is 11.3 Å². The summed E-state index contributed by atoms with van der Waals surface area (Å²) in [6.45, 7) is 7.33. The molecule has 1 saturated heterocycles. The number of nitriles is 1. The molecule has 2 rings (SSSR count). The van der Waals surface area contributed by atoms with Crippen molar-refractivity contribution in [2.24, 2.45) is 5.41 Å². The van der Waals surface area contributed by atoms with Crippen molar-refractivity contribution in [3.63, 3.8) is 0 Å². The number of anilines is 1. The molecule has 1 heterocycles. The predicted octanol–water partition coefficient (Wildman–Crippen LogP) is 1.70. The second-order valence-electron chi connectivity index (χ2n) is 9.73. The van der Waals surface area contributed by atoms with Crippen LogP contribution in [-0.2, 0) is 14.8 Å². The second-order valence-corrected chi connectivity index (χ2v) is 11.5. The maximum absolute atomic E-state index is 13.1. The Morgan fingerprint density at radius 2 is 1.75 bits per heavy atom. The van der Waals surface area contributed by atoms with Crippen molar-refractivity contribution in [2.75, 3.05) is 31.1 Å². The highest BCUT2D eigenvalue weighted by molar-refractivity contribution is 7.92. The van der Waals surface area contributed by atoms with Crippen LogP contribution in [0.3, 0.4) is 0 Å². The lowest BCUT2D eigenvalue weighted by Gasteiger charge is -2.37. The molecule has 2 amide bonds. The average Bonchev–Trinajstić information content (AvgIpc) is 2.67. The molecule has 0 radical (unpaired) electrons. The Morgan fingerprint density at radius 1 is 1.19 bits per heavy atom. The van der Waals surface area contributed by atoms with Gasteiger partial charge in [0.25, 0.3) is 5.91 Å².